The van der Waals surface area contributed by atoms with Crippen LogP contribution >= 0.6 is 0 Å². The molecule has 4 nitrogen and oxygen atoms in total. The van der Waals surface area contributed by atoms with Crippen molar-refractivity contribution in [3.8, 4) is 11.5 Å². The molecule has 124 valence electrons. The summed E-state index contributed by atoms with van der Waals surface area (Å²) < 4.78 is 4.78. The van der Waals surface area contributed by atoms with Crippen molar-refractivity contribution >= 4 is 6.29 Å². The Morgan fingerprint density at radius 1 is 1.32 bits per heavy atom. The highest BCUT2D eigenvalue weighted by molar-refractivity contribution is 5.76. The van der Waals surface area contributed by atoms with Crippen molar-refractivity contribution in [3.05, 3.63) is 23.8 Å². The number of carbonyl (C=O) groups excluding carboxylic acids is 1. The number of hydrogen-bond donors (Lipinski definition) is 2. The van der Waals surface area contributed by atoms with Crippen LogP contribution in [0.2, 0.25) is 0 Å². The van der Waals surface area contributed by atoms with Gasteiger partial charge in [-0.1, -0.05) is 13.8 Å². The van der Waals surface area contributed by atoms with E-state index in [0.717, 1.165) is 24.7 Å². The number of aldehydes is 1. The highest BCUT2D eigenvalue weighted by Crippen LogP contribution is 2.35. The van der Waals surface area contributed by atoms with Gasteiger partial charge in [-0.15, -0.1) is 0 Å². The van der Waals surface area contributed by atoms with Gasteiger partial charge in [0, 0.05) is 5.56 Å². The van der Waals surface area contributed by atoms with E-state index in [4.69, 9.17) is 9.84 Å². The Bertz CT molecular complexity index is 470. The molecule has 1 aliphatic rings. The Balaban J connectivity index is 0.000000220. The third-order valence-electron chi connectivity index (χ3n) is 4.39. The minimum Gasteiger partial charge on any atom is -0.504 e. The minimum absolute atomic E-state index is 0.0399. The molecule has 0 bridgehead atoms. The molecule has 0 spiro atoms. The van der Waals surface area contributed by atoms with Crippen molar-refractivity contribution < 1.29 is 19.7 Å². The van der Waals surface area contributed by atoms with Crippen molar-refractivity contribution in [2.45, 2.75) is 52.1 Å². The number of benzene rings is 1. The van der Waals surface area contributed by atoms with Gasteiger partial charge in [0.1, 0.15) is 6.29 Å². The van der Waals surface area contributed by atoms with Crippen LogP contribution in [0, 0.1) is 11.8 Å². The molecule has 0 atom stereocenters. The smallest absolute Gasteiger partial charge is 0.161 e. The number of phenols is 1. The van der Waals surface area contributed by atoms with Crippen LogP contribution in [0.5, 0.6) is 11.5 Å². The van der Waals surface area contributed by atoms with Crippen LogP contribution in [-0.2, 0) is 0 Å². The van der Waals surface area contributed by atoms with Gasteiger partial charge in [0.25, 0.3) is 0 Å². The molecule has 0 amide bonds. The Kier molecular flexibility index (Phi) is 6.88. The van der Waals surface area contributed by atoms with Crippen molar-refractivity contribution in [1.82, 2.24) is 0 Å². The number of ether oxygens (including phenoxy) is 1. The van der Waals surface area contributed by atoms with Crippen LogP contribution < -0.4 is 4.74 Å². The summed E-state index contributed by atoms with van der Waals surface area (Å²) in [5.41, 5.74) is 0.130. The molecule has 1 saturated carbocycles. The van der Waals surface area contributed by atoms with Crippen LogP contribution in [0.3, 0.4) is 0 Å². The summed E-state index contributed by atoms with van der Waals surface area (Å²) >= 11 is 0. The molecule has 0 aromatic heterocycles. The van der Waals surface area contributed by atoms with E-state index in [2.05, 4.69) is 13.8 Å². The molecule has 0 heterocycles. The van der Waals surface area contributed by atoms with E-state index in [1.54, 1.807) is 0 Å². The second-order valence-corrected chi connectivity index (χ2v) is 6.63. The van der Waals surface area contributed by atoms with Gasteiger partial charge < -0.3 is 14.9 Å². The van der Waals surface area contributed by atoms with Crippen molar-refractivity contribution in [1.29, 1.82) is 0 Å². The molecule has 0 saturated heterocycles. The first-order valence-electron chi connectivity index (χ1n) is 7.83. The topological polar surface area (TPSA) is 66.8 Å². The molecule has 1 aliphatic carbocycles. The lowest BCUT2D eigenvalue weighted by Crippen LogP contribution is -2.31. The SMILES string of the molecule is CC(C)C1CCC(C)(O)CC1.COc1cc(C=O)ccc1O. The molecule has 0 aliphatic heterocycles. The Morgan fingerprint density at radius 2 is 1.91 bits per heavy atom. The van der Waals surface area contributed by atoms with E-state index in [1.807, 2.05) is 6.92 Å². The number of methoxy groups -OCH3 is 1. The summed E-state index contributed by atoms with van der Waals surface area (Å²) in [7, 11) is 1.43. The van der Waals surface area contributed by atoms with Gasteiger partial charge in [0.2, 0.25) is 0 Å². The molecule has 0 unspecified atom stereocenters. The molecule has 1 aromatic carbocycles. The molecule has 4 heteroatoms. The predicted molar refractivity (Wildman–Crippen MR) is 87.5 cm³/mol. The maximum absolute atomic E-state index is 10.2. The summed E-state index contributed by atoms with van der Waals surface area (Å²) in [6.07, 6.45) is 5.11. The zero-order valence-electron chi connectivity index (χ0n) is 14.0. The van der Waals surface area contributed by atoms with Gasteiger partial charge >= 0.3 is 0 Å². The Morgan fingerprint density at radius 3 is 2.36 bits per heavy atom. The predicted octanol–water partition coefficient (Wildman–Crippen LogP) is 3.80. The molecule has 2 N–H and O–H groups in total. The van der Waals surface area contributed by atoms with Gasteiger partial charge in [-0.05, 0) is 62.6 Å². The van der Waals surface area contributed by atoms with Crippen molar-refractivity contribution in [3.63, 3.8) is 0 Å². The fourth-order valence-corrected chi connectivity index (χ4v) is 2.70. The lowest BCUT2D eigenvalue weighted by atomic mass is 9.75. The summed E-state index contributed by atoms with van der Waals surface area (Å²) in [6.45, 7) is 6.53. The van der Waals surface area contributed by atoms with Crippen LogP contribution in [0.4, 0.5) is 0 Å². The van der Waals surface area contributed by atoms with E-state index in [-0.39, 0.29) is 11.4 Å². The van der Waals surface area contributed by atoms with Crippen molar-refractivity contribution in [2.24, 2.45) is 11.8 Å². The minimum atomic E-state index is -0.356. The molecule has 0 radical (unpaired) electrons. The summed E-state index contributed by atoms with van der Waals surface area (Å²) in [4.78, 5) is 10.2. The Labute approximate surface area is 133 Å². The third kappa shape index (κ3) is 5.68. The number of aromatic hydroxyl groups is 1. The molecule has 2 rings (SSSR count). The molecule has 1 aromatic rings. The number of rotatable bonds is 3. The normalized spacial score (nSPS) is 24.4. The maximum Gasteiger partial charge on any atom is 0.161 e. The second kappa shape index (κ2) is 8.18. The lowest BCUT2D eigenvalue weighted by molar-refractivity contribution is 0.00161. The maximum atomic E-state index is 10.2. The monoisotopic (exact) mass is 308 g/mol. The standard InChI is InChI=1S/C10H20O.C8H8O3/c1-8(2)9-4-6-10(3,11)7-5-9;1-11-8-4-6(5-9)2-3-7(8)10/h8-9,11H,4-7H2,1-3H3;2-5,10H,1H3. The molecular formula is C18H28O4. The number of phenolic OH excluding ortho intramolecular Hbond substituents is 1. The highest BCUT2D eigenvalue weighted by Gasteiger charge is 2.29. The largest absolute Gasteiger partial charge is 0.504 e. The summed E-state index contributed by atoms with van der Waals surface area (Å²) in [5, 5.41) is 18.8. The van der Waals surface area contributed by atoms with E-state index < -0.39 is 0 Å². The summed E-state index contributed by atoms with van der Waals surface area (Å²) in [6, 6.07) is 4.41. The van der Waals surface area contributed by atoms with Crippen LogP contribution in [0.1, 0.15) is 56.8 Å². The van der Waals surface area contributed by atoms with E-state index in [9.17, 15) is 9.90 Å². The first-order valence-corrected chi connectivity index (χ1v) is 7.83. The lowest BCUT2D eigenvalue weighted by Gasteiger charge is -2.34. The van der Waals surface area contributed by atoms with Crippen molar-refractivity contribution in [2.75, 3.05) is 7.11 Å². The fourth-order valence-electron chi connectivity index (χ4n) is 2.70. The molecule has 1 fully saturated rings. The van der Waals surface area contributed by atoms with Gasteiger partial charge in [0.05, 0.1) is 12.7 Å². The first kappa shape index (κ1) is 18.5. The van der Waals surface area contributed by atoms with Gasteiger partial charge in [0.15, 0.2) is 11.5 Å². The fraction of sp³-hybridized carbons (Fsp3) is 0.611. The van der Waals surface area contributed by atoms with Gasteiger partial charge in [-0.25, -0.2) is 0 Å². The Hall–Kier alpha value is -1.55. The van der Waals surface area contributed by atoms with Crippen LogP contribution in [-0.4, -0.2) is 29.2 Å². The quantitative estimate of drug-likeness (QED) is 0.834. The van der Waals surface area contributed by atoms with Crippen LogP contribution in [0.25, 0.3) is 0 Å². The number of aliphatic hydroxyl groups is 1. The number of carbonyl (C=O) groups is 1. The summed E-state index contributed by atoms with van der Waals surface area (Å²) in [5.74, 6) is 2.01. The zero-order chi connectivity index (χ0) is 16.8. The van der Waals surface area contributed by atoms with E-state index in [1.165, 1.54) is 38.2 Å². The third-order valence-corrected chi connectivity index (χ3v) is 4.39. The average Bonchev–Trinajstić information content (AvgIpc) is 2.48. The highest BCUT2D eigenvalue weighted by atomic mass is 16.5. The number of hydrogen-bond acceptors (Lipinski definition) is 4. The van der Waals surface area contributed by atoms with E-state index >= 15 is 0 Å². The molecular weight excluding hydrogens is 280 g/mol. The molecule has 22 heavy (non-hydrogen) atoms. The zero-order valence-corrected chi connectivity index (χ0v) is 14.0. The van der Waals surface area contributed by atoms with Gasteiger partial charge in [-0.3, -0.25) is 4.79 Å². The van der Waals surface area contributed by atoms with E-state index in [0.29, 0.717) is 17.6 Å². The first-order chi connectivity index (χ1) is 10.3. The van der Waals surface area contributed by atoms with Gasteiger partial charge in [-0.2, -0.15) is 0 Å². The second-order valence-electron chi connectivity index (χ2n) is 6.63. The average molecular weight is 308 g/mol. The van der Waals surface area contributed by atoms with Crippen LogP contribution in [0.15, 0.2) is 18.2 Å².